The Hall–Kier alpha value is -0.900. The molecule has 1 rings (SSSR count). The minimum atomic E-state index is -2.81. The molecule has 1 aromatic rings. The van der Waals surface area contributed by atoms with Crippen molar-refractivity contribution in [2.75, 3.05) is 0 Å². The fourth-order valence-corrected chi connectivity index (χ4v) is 0.985. The number of halogens is 1. The Morgan fingerprint density at radius 2 is 2.20 bits per heavy atom. The lowest BCUT2D eigenvalue weighted by molar-refractivity contribution is 0.578. The maximum atomic E-state index is 12.4. The Morgan fingerprint density at radius 1 is 1.50 bits per heavy atom. The second kappa shape index (κ2) is 2.79. The second-order valence-corrected chi connectivity index (χ2v) is 2.63. The summed E-state index contributed by atoms with van der Waals surface area (Å²) in [4.78, 5) is -0.284. The molecule has 0 N–H and O–H groups in total. The van der Waals surface area contributed by atoms with E-state index in [9.17, 15) is 12.8 Å². The lowest BCUT2D eigenvalue weighted by Gasteiger charge is -1.89. The molecule has 4 heteroatoms. The summed E-state index contributed by atoms with van der Waals surface area (Å²) in [6.07, 6.45) is 0. The summed E-state index contributed by atoms with van der Waals surface area (Å²) in [6.45, 7) is 0. The maximum absolute atomic E-state index is 12.4. The summed E-state index contributed by atoms with van der Waals surface area (Å²) in [6, 6.07) is 5.92. The Labute approximate surface area is 59.3 Å². The van der Waals surface area contributed by atoms with Gasteiger partial charge in [-0.15, -0.1) is 0 Å². The first-order valence-corrected chi connectivity index (χ1v) is 3.69. The van der Waals surface area contributed by atoms with Crippen molar-refractivity contribution >= 4 is 10.7 Å². The summed E-state index contributed by atoms with van der Waals surface area (Å²) >= 11 is 0. The van der Waals surface area contributed by atoms with Crippen molar-refractivity contribution in [2.45, 2.75) is 4.90 Å². The third-order valence-corrected chi connectivity index (χ3v) is 1.74. The van der Waals surface area contributed by atoms with E-state index in [2.05, 4.69) is 6.07 Å². The molecular formula is C6H4FO2S. The number of hydrogen-bond acceptors (Lipinski definition) is 2. The van der Waals surface area contributed by atoms with E-state index in [0.29, 0.717) is 0 Å². The topological polar surface area (TPSA) is 34.1 Å². The quantitative estimate of drug-likeness (QED) is 0.609. The lowest BCUT2D eigenvalue weighted by atomic mass is 10.4. The van der Waals surface area contributed by atoms with E-state index in [4.69, 9.17) is 0 Å². The molecule has 0 unspecified atom stereocenters. The van der Waals surface area contributed by atoms with Gasteiger partial charge in [-0.05, 0) is 18.2 Å². The highest BCUT2D eigenvalue weighted by atomic mass is 32.2. The van der Waals surface area contributed by atoms with Crippen molar-refractivity contribution in [3.05, 3.63) is 30.1 Å². The van der Waals surface area contributed by atoms with Gasteiger partial charge < -0.3 is 0 Å². The average Bonchev–Trinajstić information content (AvgIpc) is 1.88. The smallest absolute Gasteiger partial charge is 0.171 e. The van der Waals surface area contributed by atoms with Crippen LogP contribution in [0.4, 0.5) is 4.39 Å². The molecule has 10 heavy (non-hydrogen) atoms. The van der Waals surface area contributed by atoms with Crippen LogP contribution in [0.1, 0.15) is 0 Å². The zero-order valence-corrected chi connectivity index (χ0v) is 5.77. The molecule has 53 valence electrons. The van der Waals surface area contributed by atoms with Gasteiger partial charge in [-0.2, -0.15) is 0 Å². The molecule has 0 amide bonds. The van der Waals surface area contributed by atoms with Gasteiger partial charge in [0, 0.05) is 0 Å². The highest BCUT2D eigenvalue weighted by Gasteiger charge is 2.00. The molecule has 0 saturated carbocycles. The molecule has 1 aromatic carbocycles. The third-order valence-electron chi connectivity index (χ3n) is 0.989. The van der Waals surface area contributed by atoms with E-state index in [1.807, 2.05) is 0 Å². The standard InChI is InChI=1S/C6H4FO2S/c7-5-3-1-2-4-6(5)10(8)9/h2-4,10H. The van der Waals surface area contributed by atoms with Crippen molar-refractivity contribution in [1.29, 1.82) is 0 Å². The zero-order chi connectivity index (χ0) is 7.56. The number of hydrogen-bond donors (Lipinski definition) is 1. The van der Waals surface area contributed by atoms with Crippen LogP contribution in [0, 0.1) is 11.9 Å². The van der Waals surface area contributed by atoms with E-state index in [-0.39, 0.29) is 4.90 Å². The first kappa shape index (κ1) is 7.21. The van der Waals surface area contributed by atoms with Crippen LogP contribution in [-0.2, 0) is 10.7 Å². The van der Waals surface area contributed by atoms with E-state index in [1.165, 1.54) is 12.1 Å². The molecule has 0 aliphatic rings. The van der Waals surface area contributed by atoms with Gasteiger partial charge in [-0.1, -0.05) is 6.07 Å². The van der Waals surface area contributed by atoms with Gasteiger partial charge >= 0.3 is 0 Å². The molecule has 0 aromatic heterocycles. The second-order valence-electron chi connectivity index (χ2n) is 1.63. The van der Waals surface area contributed by atoms with Crippen LogP contribution in [0.25, 0.3) is 0 Å². The van der Waals surface area contributed by atoms with Crippen molar-refractivity contribution in [2.24, 2.45) is 0 Å². The number of thiol groups is 1. The van der Waals surface area contributed by atoms with Gasteiger partial charge in [-0.3, -0.25) is 0 Å². The van der Waals surface area contributed by atoms with Crippen LogP contribution in [0.2, 0.25) is 0 Å². The molecule has 0 saturated heterocycles. The Balaban J connectivity index is 3.28. The minimum Gasteiger partial charge on any atom is -0.227 e. The highest BCUT2D eigenvalue weighted by Crippen LogP contribution is 2.05. The normalized spacial score (nSPS) is 10.2. The molecule has 0 aliphatic carbocycles. The summed E-state index contributed by atoms with van der Waals surface area (Å²) < 4.78 is 32.8. The fraction of sp³-hybridized carbons (Fsp3) is 0. The first-order chi connectivity index (χ1) is 4.72. The Kier molecular flexibility index (Phi) is 2.01. The van der Waals surface area contributed by atoms with Gasteiger partial charge in [0.1, 0.15) is 5.82 Å². The molecule has 0 aliphatic heterocycles. The van der Waals surface area contributed by atoms with Crippen molar-refractivity contribution in [1.82, 2.24) is 0 Å². The van der Waals surface area contributed by atoms with Crippen LogP contribution < -0.4 is 0 Å². The molecule has 0 fully saturated rings. The van der Waals surface area contributed by atoms with Gasteiger partial charge in [0.2, 0.25) is 0 Å². The van der Waals surface area contributed by atoms with E-state index in [0.717, 1.165) is 6.07 Å². The SMILES string of the molecule is O=[SH](=O)c1cc[c]cc1F. The molecule has 1 radical (unpaired) electrons. The monoisotopic (exact) mass is 159 g/mol. The van der Waals surface area contributed by atoms with Crippen LogP contribution in [-0.4, -0.2) is 8.42 Å². The fourth-order valence-electron chi connectivity index (χ4n) is 0.550. The average molecular weight is 159 g/mol. The predicted molar refractivity (Wildman–Crippen MR) is 33.8 cm³/mol. The lowest BCUT2D eigenvalue weighted by Crippen LogP contribution is -1.84. The Bertz CT molecular complexity index is 298. The summed E-state index contributed by atoms with van der Waals surface area (Å²) in [5.74, 6) is -0.751. The molecule has 0 spiro atoms. The van der Waals surface area contributed by atoms with Crippen LogP contribution in [0.15, 0.2) is 23.1 Å². The van der Waals surface area contributed by atoms with Crippen LogP contribution in [0.3, 0.4) is 0 Å². The molecule has 0 atom stereocenters. The van der Waals surface area contributed by atoms with Crippen LogP contribution in [0.5, 0.6) is 0 Å². The van der Waals surface area contributed by atoms with Gasteiger partial charge in [-0.25, -0.2) is 12.8 Å². The van der Waals surface area contributed by atoms with E-state index >= 15 is 0 Å². The van der Waals surface area contributed by atoms with Crippen LogP contribution >= 0.6 is 0 Å². The molecular weight excluding hydrogens is 155 g/mol. The van der Waals surface area contributed by atoms with E-state index in [1.54, 1.807) is 0 Å². The predicted octanol–water partition coefficient (Wildman–Crippen LogP) is 0.596. The van der Waals surface area contributed by atoms with Gasteiger partial charge in [0.05, 0.1) is 4.90 Å². The van der Waals surface area contributed by atoms with Crippen molar-refractivity contribution in [3.63, 3.8) is 0 Å². The number of rotatable bonds is 1. The highest BCUT2D eigenvalue weighted by molar-refractivity contribution is 7.72. The maximum Gasteiger partial charge on any atom is 0.171 e. The molecule has 2 nitrogen and oxygen atoms in total. The Morgan fingerprint density at radius 3 is 2.60 bits per heavy atom. The third kappa shape index (κ3) is 1.33. The van der Waals surface area contributed by atoms with Gasteiger partial charge in [0.15, 0.2) is 10.7 Å². The summed E-state index contributed by atoms with van der Waals surface area (Å²) in [7, 11) is -2.81. The van der Waals surface area contributed by atoms with E-state index < -0.39 is 16.5 Å². The first-order valence-electron chi connectivity index (χ1n) is 2.52. The summed E-state index contributed by atoms with van der Waals surface area (Å²) in [5, 5.41) is 0. The largest absolute Gasteiger partial charge is 0.227 e. The minimum absolute atomic E-state index is 0.284. The summed E-state index contributed by atoms with van der Waals surface area (Å²) in [5.41, 5.74) is 0. The zero-order valence-electron chi connectivity index (χ0n) is 4.87. The van der Waals surface area contributed by atoms with Crippen molar-refractivity contribution < 1.29 is 12.8 Å². The van der Waals surface area contributed by atoms with Gasteiger partial charge in [0.25, 0.3) is 0 Å². The molecule has 0 heterocycles. The number of benzene rings is 1. The van der Waals surface area contributed by atoms with Crippen molar-refractivity contribution in [3.8, 4) is 0 Å². The molecule has 0 bridgehead atoms.